The first-order valence-electron chi connectivity index (χ1n) is 9.03. The van der Waals surface area contributed by atoms with Crippen LogP contribution < -0.4 is 0 Å². The van der Waals surface area contributed by atoms with Gasteiger partial charge in [0, 0.05) is 13.6 Å². The van der Waals surface area contributed by atoms with Crippen LogP contribution in [0.25, 0.3) is 10.8 Å². The lowest BCUT2D eigenvalue weighted by Gasteiger charge is -2.29. The third-order valence-electron chi connectivity index (χ3n) is 5.33. The van der Waals surface area contributed by atoms with Crippen molar-refractivity contribution in [2.45, 2.75) is 31.7 Å². The normalized spacial score (nSPS) is 16.4. The molecule has 0 N–H and O–H groups in total. The van der Waals surface area contributed by atoms with Gasteiger partial charge in [-0.25, -0.2) is 0 Å². The van der Waals surface area contributed by atoms with Crippen molar-refractivity contribution >= 4 is 16.7 Å². The van der Waals surface area contributed by atoms with Crippen LogP contribution in [-0.4, -0.2) is 17.9 Å². The van der Waals surface area contributed by atoms with Gasteiger partial charge in [0.1, 0.15) is 0 Å². The molecular formula is C23H23NO. The second-order valence-electron chi connectivity index (χ2n) is 6.98. The Morgan fingerprint density at radius 2 is 1.76 bits per heavy atom. The quantitative estimate of drug-likeness (QED) is 0.668. The number of rotatable bonds is 3. The summed E-state index contributed by atoms with van der Waals surface area (Å²) >= 11 is 0. The number of hydrogen-bond donors (Lipinski definition) is 0. The number of carbonyl (C=O) groups is 1. The topological polar surface area (TPSA) is 20.3 Å². The highest BCUT2D eigenvalue weighted by Gasteiger charge is 2.28. The molecule has 25 heavy (non-hydrogen) atoms. The molecular weight excluding hydrogens is 306 g/mol. The molecule has 0 spiro atoms. The molecule has 1 aliphatic rings. The average Bonchev–Trinajstić information content (AvgIpc) is 2.67. The van der Waals surface area contributed by atoms with Crippen LogP contribution in [0.1, 0.15) is 35.4 Å². The van der Waals surface area contributed by atoms with Crippen molar-refractivity contribution in [1.82, 2.24) is 4.90 Å². The number of carbonyl (C=O) groups excluding carboxylic acids is 1. The standard InChI is InChI=1S/C23H23NO/c1-24(16-19-12-6-10-17-8-2-4-13-20(17)19)23(25)22-15-7-11-18-9-3-5-14-21(18)22/h2-6,8-10,12-14,22H,7,11,15-16H2,1H3. The van der Waals surface area contributed by atoms with E-state index >= 15 is 0 Å². The average molecular weight is 329 g/mol. The van der Waals surface area contributed by atoms with Gasteiger partial charge in [0.15, 0.2) is 0 Å². The fraction of sp³-hybridized carbons (Fsp3) is 0.261. The van der Waals surface area contributed by atoms with Crippen LogP contribution in [0.15, 0.2) is 66.7 Å². The van der Waals surface area contributed by atoms with Crippen LogP contribution in [0.2, 0.25) is 0 Å². The van der Waals surface area contributed by atoms with Crippen molar-refractivity contribution in [2.75, 3.05) is 7.05 Å². The third-order valence-corrected chi connectivity index (χ3v) is 5.33. The molecule has 1 unspecified atom stereocenters. The molecule has 0 fully saturated rings. The molecule has 4 rings (SSSR count). The van der Waals surface area contributed by atoms with Crippen LogP contribution >= 0.6 is 0 Å². The van der Waals surface area contributed by atoms with Crippen molar-refractivity contribution in [3.05, 3.63) is 83.4 Å². The largest absolute Gasteiger partial charge is 0.341 e. The van der Waals surface area contributed by atoms with Crippen LogP contribution in [0.5, 0.6) is 0 Å². The highest BCUT2D eigenvalue weighted by molar-refractivity contribution is 5.87. The Bertz CT molecular complexity index is 909. The lowest BCUT2D eigenvalue weighted by Crippen LogP contribution is -2.33. The molecule has 0 bridgehead atoms. The van der Waals surface area contributed by atoms with Crippen LogP contribution in [0, 0.1) is 0 Å². The van der Waals surface area contributed by atoms with Crippen molar-refractivity contribution < 1.29 is 4.79 Å². The molecule has 0 heterocycles. The first-order chi connectivity index (χ1) is 12.2. The summed E-state index contributed by atoms with van der Waals surface area (Å²) in [5.74, 6) is 0.241. The summed E-state index contributed by atoms with van der Waals surface area (Å²) in [5.41, 5.74) is 3.77. The lowest BCUT2D eigenvalue weighted by molar-refractivity contribution is -0.132. The summed E-state index contributed by atoms with van der Waals surface area (Å²) in [7, 11) is 1.93. The van der Waals surface area contributed by atoms with E-state index in [4.69, 9.17) is 0 Å². The number of likely N-dealkylation sites (N-methyl/N-ethyl adjacent to an activating group) is 1. The summed E-state index contributed by atoms with van der Waals surface area (Å²) in [6.07, 6.45) is 3.14. The Hall–Kier alpha value is -2.61. The molecule has 2 heteroatoms. The van der Waals surface area contributed by atoms with Gasteiger partial charge in [-0.2, -0.15) is 0 Å². The van der Waals surface area contributed by atoms with Gasteiger partial charge >= 0.3 is 0 Å². The van der Waals surface area contributed by atoms with Gasteiger partial charge in [-0.15, -0.1) is 0 Å². The Morgan fingerprint density at radius 1 is 1.00 bits per heavy atom. The Balaban J connectivity index is 1.59. The second-order valence-corrected chi connectivity index (χ2v) is 6.98. The number of hydrogen-bond acceptors (Lipinski definition) is 1. The van der Waals surface area contributed by atoms with E-state index in [1.807, 2.05) is 11.9 Å². The van der Waals surface area contributed by atoms with E-state index in [0.29, 0.717) is 6.54 Å². The SMILES string of the molecule is CN(Cc1cccc2ccccc12)C(=O)C1CCCc2ccccc21. The Labute approximate surface area is 149 Å². The zero-order valence-electron chi connectivity index (χ0n) is 14.6. The predicted octanol–water partition coefficient (Wildman–Crippen LogP) is 4.92. The third kappa shape index (κ3) is 3.05. The van der Waals surface area contributed by atoms with Gasteiger partial charge in [-0.3, -0.25) is 4.79 Å². The Kier molecular flexibility index (Phi) is 4.27. The molecule has 2 nitrogen and oxygen atoms in total. The van der Waals surface area contributed by atoms with Crippen molar-refractivity contribution in [2.24, 2.45) is 0 Å². The minimum atomic E-state index is 0.00456. The molecule has 0 saturated carbocycles. The molecule has 0 aromatic heterocycles. The van der Waals surface area contributed by atoms with Gasteiger partial charge in [0.25, 0.3) is 0 Å². The van der Waals surface area contributed by atoms with E-state index in [1.165, 1.54) is 27.5 Å². The molecule has 1 amide bonds. The van der Waals surface area contributed by atoms with E-state index in [9.17, 15) is 4.79 Å². The van der Waals surface area contributed by atoms with Crippen LogP contribution in [0.4, 0.5) is 0 Å². The molecule has 126 valence electrons. The zero-order chi connectivity index (χ0) is 17.2. The van der Waals surface area contributed by atoms with Crippen LogP contribution in [0.3, 0.4) is 0 Å². The van der Waals surface area contributed by atoms with E-state index in [-0.39, 0.29) is 11.8 Å². The van der Waals surface area contributed by atoms with Gasteiger partial charge in [-0.05, 0) is 46.7 Å². The van der Waals surface area contributed by atoms with Gasteiger partial charge in [-0.1, -0.05) is 66.7 Å². The van der Waals surface area contributed by atoms with E-state index < -0.39 is 0 Å². The van der Waals surface area contributed by atoms with Gasteiger partial charge < -0.3 is 4.90 Å². The fourth-order valence-electron chi connectivity index (χ4n) is 4.04. The molecule has 0 saturated heterocycles. The summed E-state index contributed by atoms with van der Waals surface area (Å²) in [4.78, 5) is 15.0. The fourth-order valence-corrected chi connectivity index (χ4v) is 4.04. The smallest absolute Gasteiger partial charge is 0.230 e. The first kappa shape index (κ1) is 15.9. The maximum Gasteiger partial charge on any atom is 0.230 e. The van der Waals surface area contributed by atoms with Crippen LogP contribution in [-0.2, 0) is 17.8 Å². The molecule has 0 aliphatic heterocycles. The summed E-state index contributed by atoms with van der Waals surface area (Å²) in [6, 6.07) is 23.1. The molecule has 1 aliphatic carbocycles. The summed E-state index contributed by atoms with van der Waals surface area (Å²) < 4.78 is 0. The van der Waals surface area contributed by atoms with E-state index in [0.717, 1.165) is 19.3 Å². The van der Waals surface area contributed by atoms with Gasteiger partial charge in [0.2, 0.25) is 5.91 Å². The maximum absolute atomic E-state index is 13.1. The molecule has 3 aromatic rings. The number of nitrogens with zero attached hydrogens (tertiary/aromatic N) is 1. The summed E-state index contributed by atoms with van der Waals surface area (Å²) in [5, 5.41) is 2.46. The number of amides is 1. The predicted molar refractivity (Wildman–Crippen MR) is 103 cm³/mol. The molecule has 1 atom stereocenters. The molecule has 0 radical (unpaired) electrons. The number of benzene rings is 3. The van der Waals surface area contributed by atoms with Crippen molar-refractivity contribution in [3.63, 3.8) is 0 Å². The van der Waals surface area contributed by atoms with Gasteiger partial charge in [0.05, 0.1) is 5.92 Å². The zero-order valence-corrected chi connectivity index (χ0v) is 14.6. The monoisotopic (exact) mass is 329 g/mol. The van der Waals surface area contributed by atoms with Crippen molar-refractivity contribution in [1.29, 1.82) is 0 Å². The highest BCUT2D eigenvalue weighted by atomic mass is 16.2. The first-order valence-corrected chi connectivity index (χ1v) is 9.03. The molecule has 3 aromatic carbocycles. The maximum atomic E-state index is 13.1. The second kappa shape index (κ2) is 6.72. The van der Waals surface area contributed by atoms with E-state index in [1.54, 1.807) is 0 Å². The minimum absolute atomic E-state index is 0.00456. The van der Waals surface area contributed by atoms with E-state index in [2.05, 4.69) is 66.7 Å². The number of fused-ring (bicyclic) bond motifs is 2. The Morgan fingerprint density at radius 3 is 2.68 bits per heavy atom. The summed E-state index contributed by atoms with van der Waals surface area (Å²) in [6.45, 7) is 0.652. The lowest BCUT2D eigenvalue weighted by atomic mass is 9.82. The minimum Gasteiger partial charge on any atom is -0.341 e. The highest BCUT2D eigenvalue weighted by Crippen LogP contribution is 2.33. The van der Waals surface area contributed by atoms with Crippen molar-refractivity contribution in [3.8, 4) is 0 Å². The number of aryl methyl sites for hydroxylation is 1.